The van der Waals surface area contributed by atoms with E-state index in [0.29, 0.717) is 32.9 Å². The number of anilines is 1. The molecule has 0 saturated heterocycles. The molecule has 2 amide bonds. The van der Waals surface area contributed by atoms with Crippen molar-refractivity contribution in [1.82, 2.24) is 20.1 Å². The lowest BCUT2D eigenvalue weighted by atomic mass is 10.2. The monoisotopic (exact) mass is 533 g/mol. The largest absolute Gasteiger partial charge is 0.342 e. The maximum Gasteiger partial charge on any atom is 0.253 e. The number of carbonyl (C=O) groups is 2. The Kier molecular flexibility index (Phi) is 8.65. The number of nitrogens with one attached hydrogen (secondary N) is 2. The van der Waals surface area contributed by atoms with Crippen molar-refractivity contribution in [3.05, 3.63) is 95.3 Å². The molecule has 0 saturated carbocycles. The van der Waals surface area contributed by atoms with Crippen LogP contribution in [-0.4, -0.2) is 32.3 Å². The molecule has 0 aliphatic rings. The number of amides is 2. The summed E-state index contributed by atoms with van der Waals surface area (Å²) in [6.07, 6.45) is 0. The second-order valence-electron chi connectivity index (χ2n) is 7.99. The number of benzene rings is 3. The van der Waals surface area contributed by atoms with E-state index in [4.69, 9.17) is 11.6 Å². The fourth-order valence-corrected chi connectivity index (χ4v) is 4.30. The first-order valence-corrected chi connectivity index (χ1v) is 12.7. The van der Waals surface area contributed by atoms with Crippen LogP contribution in [0.2, 0.25) is 5.02 Å². The third kappa shape index (κ3) is 7.02. The number of aromatic nitrogens is 3. The first kappa shape index (κ1) is 26.1. The quantitative estimate of drug-likeness (QED) is 0.199. The van der Waals surface area contributed by atoms with Crippen LogP contribution < -0.4 is 10.6 Å². The fourth-order valence-electron chi connectivity index (χ4n) is 3.36. The van der Waals surface area contributed by atoms with Gasteiger partial charge < -0.3 is 15.2 Å². The van der Waals surface area contributed by atoms with Gasteiger partial charge in [-0.25, -0.2) is 0 Å². The Morgan fingerprint density at radius 2 is 1.59 bits per heavy atom. The molecule has 0 aliphatic carbocycles. The summed E-state index contributed by atoms with van der Waals surface area (Å²) in [5.74, 6) is 0.209. The molecule has 1 aromatic heterocycles. The lowest BCUT2D eigenvalue weighted by Crippen LogP contribution is -2.28. The number of azo groups is 1. The molecule has 11 heteroatoms. The Bertz CT molecular complexity index is 1410. The number of hydrogen-bond donors (Lipinski definition) is 2. The van der Waals surface area contributed by atoms with E-state index in [1.807, 2.05) is 37.3 Å². The molecule has 2 N–H and O–H groups in total. The Morgan fingerprint density at radius 1 is 0.946 bits per heavy atom. The van der Waals surface area contributed by atoms with E-state index in [2.05, 4.69) is 31.1 Å². The van der Waals surface area contributed by atoms with E-state index in [0.717, 1.165) is 5.69 Å². The average Bonchev–Trinajstić information content (AvgIpc) is 3.28. The molecule has 37 heavy (non-hydrogen) atoms. The third-order valence-corrected chi connectivity index (χ3v) is 6.59. The molecule has 0 bridgehead atoms. The van der Waals surface area contributed by atoms with Gasteiger partial charge in [0.2, 0.25) is 5.91 Å². The van der Waals surface area contributed by atoms with Gasteiger partial charge in [0.05, 0.1) is 33.8 Å². The van der Waals surface area contributed by atoms with Gasteiger partial charge in [-0.05, 0) is 55.5 Å². The Labute approximate surface area is 223 Å². The highest BCUT2D eigenvalue weighted by molar-refractivity contribution is 7.99. The van der Waals surface area contributed by atoms with Crippen molar-refractivity contribution in [2.45, 2.75) is 18.1 Å². The molecule has 3 aromatic carbocycles. The summed E-state index contributed by atoms with van der Waals surface area (Å²) in [6.45, 7) is 1.81. The van der Waals surface area contributed by atoms with Crippen LogP contribution in [0.1, 0.15) is 29.1 Å². The van der Waals surface area contributed by atoms with Gasteiger partial charge in [0.1, 0.15) is 0 Å². The zero-order valence-corrected chi connectivity index (χ0v) is 21.7. The van der Waals surface area contributed by atoms with Gasteiger partial charge in [-0.1, -0.05) is 53.7 Å². The van der Waals surface area contributed by atoms with Gasteiger partial charge in [0.25, 0.3) is 5.91 Å². The Balaban J connectivity index is 1.28. The van der Waals surface area contributed by atoms with Crippen molar-refractivity contribution < 1.29 is 9.59 Å². The summed E-state index contributed by atoms with van der Waals surface area (Å²) in [7, 11) is 1.79. The summed E-state index contributed by atoms with van der Waals surface area (Å²) in [4.78, 5) is 25.0. The highest BCUT2D eigenvalue weighted by Gasteiger charge is 2.20. The second kappa shape index (κ2) is 12.3. The standard InChI is InChI=1S/C26H24ClN7O2S/c1-17(28-25(36)21-10-6-7-11-22(21)27)24-32-33-26(34(24)2)37-16-23(35)29-18-12-14-20(15-13-18)31-30-19-8-4-3-5-9-19/h3-15,17H,16H2,1-2H3,(H,28,36)(H,29,35)/t17-/m1/s1. The van der Waals surface area contributed by atoms with Gasteiger partial charge >= 0.3 is 0 Å². The summed E-state index contributed by atoms with van der Waals surface area (Å²) >= 11 is 7.36. The molecule has 9 nitrogen and oxygen atoms in total. The molecule has 4 aromatic rings. The smallest absolute Gasteiger partial charge is 0.253 e. The van der Waals surface area contributed by atoms with Crippen molar-refractivity contribution in [3.8, 4) is 0 Å². The summed E-state index contributed by atoms with van der Waals surface area (Å²) in [6, 6.07) is 23.0. The number of rotatable bonds is 9. The van der Waals surface area contributed by atoms with E-state index >= 15 is 0 Å². The molecular formula is C26H24ClN7O2S. The Hall–Kier alpha value is -4.02. The highest BCUT2D eigenvalue weighted by atomic mass is 35.5. The van der Waals surface area contributed by atoms with Gasteiger partial charge in [0.15, 0.2) is 11.0 Å². The lowest BCUT2D eigenvalue weighted by molar-refractivity contribution is -0.113. The van der Waals surface area contributed by atoms with Crippen LogP contribution in [0.4, 0.5) is 17.1 Å². The molecule has 0 radical (unpaired) electrons. The van der Waals surface area contributed by atoms with Gasteiger partial charge in [-0.2, -0.15) is 10.2 Å². The van der Waals surface area contributed by atoms with Gasteiger partial charge in [0, 0.05) is 12.7 Å². The summed E-state index contributed by atoms with van der Waals surface area (Å²) < 4.78 is 1.75. The predicted octanol–water partition coefficient (Wildman–Crippen LogP) is 6.11. The first-order chi connectivity index (χ1) is 17.9. The zero-order valence-electron chi connectivity index (χ0n) is 20.1. The number of carbonyl (C=O) groups excluding carboxylic acids is 2. The van der Waals surface area contributed by atoms with E-state index in [1.165, 1.54) is 11.8 Å². The van der Waals surface area contributed by atoms with E-state index in [9.17, 15) is 9.59 Å². The van der Waals surface area contributed by atoms with E-state index in [-0.39, 0.29) is 17.6 Å². The van der Waals surface area contributed by atoms with E-state index in [1.54, 1.807) is 60.1 Å². The number of thioether (sulfide) groups is 1. The van der Waals surface area contributed by atoms with Crippen molar-refractivity contribution in [2.24, 2.45) is 17.3 Å². The number of hydrogen-bond acceptors (Lipinski definition) is 7. The molecule has 188 valence electrons. The normalized spacial score (nSPS) is 11.9. The van der Waals surface area contributed by atoms with Gasteiger partial charge in [-0.3, -0.25) is 9.59 Å². The maximum absolute atomic E-state index is 12.6. The number of halogens is 1. The maximum atomic E-state index is 12.6. The van der Waals surface area contributed by atoms with Crippen molar-refractivity contribution in [1.29, 1.82) is 0 Å². The SMILES string of the molecule is C[C@@H](NC(=O)c1ccccc1Cl)c1nnc(SCC(=O)Nc2ccc(N=Nc3ccccc3)cc2)n1C. The minimum absolute atomic E-state index is 0.141. The molecule has 1 heterocycles. The van der Waals surface area contributed by atoms with Crippen LogP contribution in [0.5, 0.6) is 0 Å². The predicted molar refractivity (Wildman–Crippen MR) is 145 cm³/mol. The Morgan fingerprint density at radius 3 is 2.30 bits per heavy atom. The first-order valence-electron chi connectivity index (χ1n) is 11.3. The average molecular weight is 534 g/mol. The van der Waals surface area contributed by atoms with Crippen LogP contribution in [-0.2, 0) is 11.8 Å². The topological polar surface area (TPSA) is 114 Å². The summed E-state index contributed by atoms with van der Waals surface area (Å²) in [5, 5.41) is 23.4. The molecular weight excluding hydrogens is 510 g/mol. The second-order valence-corrected chi connectivity index (χ2v) is 9.34. The molecule has 0 aliphatic heterocycles. The van der Waals surface area contributed by atoms with Crippen molar-refractivity contribution >= 4 is 52.2 Å². The summed E-state index contributed by atoms with van der Waals surface area (Å²) in [5.41, 5.74) is 2.48. The fraction of sp³-hybridized carbons (Fsp3) is 0.154. The third-order valence-electron chi connectivity index (χ3n) is 5.24. The van der Waals surface area contributed by atoms with Crippen LogP contribution in [0.25, 0.3) is 0 Å². The number of nitrogens with zero attached hydrogens (tertiary/aromatic N) is 5. The molecule has 4 rings (SSSR count). The minimum atomic E-state index is -0.415. The van der Waals surface area contributed by atoms with Crippen LogP contribution in [0, 0.1) is 0 Å². The highest BCUT2D eigenvalue weighted by Crippen LogP contribution is 2.23. The van der Waals surface area contributed by atoms with Crippen LogP contribution in [0.3, 0.4) is 0 Å². The minimum Gasteiger partial charge on any atom is -0.342 e. The molecule has 0 spiro atoms. The van der Waals surface area contributed by atoms with E-state index < -0.39 is 6.04 Å². The van der Waals surface area contributed by atoms with Gasteiger partial charge in [-0.15, -0.1) is 10.2 Å². The lowest BCUT2D eigenvalue weighted by Gasteiger charge is -2.14. The van der Waals surface area contributed by atoms with Crippen molar-refractivity contribution in [3.63, 3.8) is 0 Å². The molecule has 0 fully saturated rings. The van der Waals surface area contributed by atoms with Crippen molar-refractivity contribution in [2.75, 3.05) is 11.1 Å². The van der Waals surface area contributed by atoms with Crippen LogP contribution >= 0.6 is 23.4 Å². The van der Waals surface area contributed by atoms with Crippen LogP contribution in [0.15, 0.2) is 94.2 Å². The molecule has 0 unspecified atom stereocenters. The molecule has 1 atom stereocenters. The zero-order chi connectivity index (χ0) is 26.2.